The van der Waals surface area contributed by atoms with Gasteiger partial charge in [0.1, 0.15) is 11.6 Å². The molecule has 1 aliphatic heterocycles. The molecule has 0 aliphatic carbocycles. The molecule has 2 nitrogen and oxygen atoms in total. The van der Waals surface area contributed by atoms with E-state index in [1.165, 1.54) is 6.07 Å². The van der Waals surface area contributed by atoms with Gasteiger partial charge in [-0.3, -0.25) is 4.79 Å². The first-order valence-electron chi connectivity index (χ1n) is 5.64. The molecular weight excluding hydrogens is 287 g/mol. The van der Waals surface area contributed by atoms with Gasteiger partial charge in [0.25, 0.3) is 0 Å². The Balaban J connectivity index is 2.03. The first-order valence-corrected chi connectivity index (χ1v) is 6.44. The van der Waals surface area contributed by atoms with E-state index in [4.69, 9.17) is 4.74 Å². The Morgan fingerprint density at radius 2 is 2.35 bits per heavy atom. The van der Waals surface area contributed by atoms with Crippen LogP contribution >= 0.6 is 15.9 Å². The minimum atomic E-state index is -0.334. The second kappa shape index (κ2) is 5.27. The molecule has 92 valence electrons. The minimum absolute atomic E-state index is 0.0653. The fourth-order valence-electron chi connectivity index (χ4n) is 2.04. The van der Waals surface area contributed by atoms with E-state index in [2.05, 4.69) is 15.9 Å². The molecule has 1 aromatic carbocycles. The van der Waals surface area contributed by atoms with E-state index >= 15 is 0 Å². The van der Waals surface area contributed by atoms with Crippen LogP contribution in [-0.2, 0) is 16.0 Å². The van der Waals surface area contributed by atoms with E-state index in [1.54, 1.807) is 12.1 Å². The Bertz CT molecular complexity index is 433. The monoisotopic (exact) mass is 300 g/mol. The first kappa shape index (κ1) is 12.7. The summed E-state index contributed by atoms with van der Waals surface area (Å²) in [6.07, 6.45) is 1.04. The van der Waals surface area contributed by atoms with Crippen molar-refractivity contribution < 1.29 is 13.9 Å². The maximum atomic E-state index is 13.6. The third-order valence-electron chi connectivity index (χ3n) is 3.03. The van der Waals surface area contributed by atoms with E-state index < -0.39 is 0 Å². The van der Waals surface area contributed by atoms with Gasteiger partial charge in [0, 0.05) is 16.8 Å². The number of hydrogen-bond acceptors (Lipinski definition) is 2. The fourth-order valence-corrected chi connectivity index (χ4v) is 2.37. The average Bonchev–Trinajstić information content (AvgIpc) is 2.69. The molecule has 1 aliphatic rings. The van der Waals surface area contributed by atoms with Gasteiger partial charge in [-0.15, -0.1) is 0 Å². The van der Waals surface area contributed by atoms with E-state index in [0.717, 1.165) is 6.42 Å². The molecule has 0 saturated carbocycles. The Morgan fingerprint density at radius 1 is 1.59 bits per heavy atom. The van der Waals surface area contributed by atoms with Gasteiger partial charge >= 0.3 is 0 Å². The first-order chi connectivity index (χ1) is 8.06. The molecule has 1 saturated heterocycles. The molecular formula is C13H14BrFO2. The van der Waals surface area contributed by atoms with Crippen LogP contribution in [0, 0.1) is 11.7 Å². The number of ketones is 1. The zero-order valence-electron chi connectivity index (χ0n) is 9.58. The quantitative estimate of drug-likeness (QED) is 0.857. The van der Waals surface area contributed by atoms with Gasteiger partial charge in [-0.05, 0) is 31.0 Å². The van der Waals surface area contributed by atoms with Crippen molar-refractivity contribution in [1.82, 2.24) is 0 Å². The van der Waals surface area contributed by atoms with Gasteiger partial charge in [0.2, 0.25) is 0 Å². The third-order valence-corrected chi connectivity index (χ3v) is 3.53. The highest BCUT2D eigenvalue weighted by atomic mass is 79.9. The zero-order valence-corrected chi connectivity index (χ0v) is 11.2. The van der Waals surface area contributed by atoms with Crippen molar-refractivity contribution in [3.8, 4) is 0 Å². The summed E-state index contributed by atoms with van der Waals surface area (Å²) in [6, 6.07) is 4.78. The van der Waals surface area contributed by atoms with E-state index in [1.807, 2.05) is 6.92 Å². The van der Waals surface area contributed by atoms with Gasteiger partial charge in [0.05, 0.1) is 12.7 Å². The van der Waals surface area contributed by atoms with Crippen LogP contribution in [0.25, 0.3) is 0 Å². The lowest BCUT2D eigenvalue weighted by molar-refractivity contribution is -0.122. The van der Waals surface area contributed by atoms with Gasteiger partial charge in [0.15, 0.2) is 0 Å². The van der Waals surface area contributed by atoms with E-state index in [0.29, 0.717) is 16.6 Å². The summed E-state index contributed by atoms with van der Waals surface area (Å²) in [7, 11) is 0. The molecule has 0 N–H and O–H groups in total. The number of Topliss-reactive ketones (excluding diaryl/α,β-unsaturated/α-hetero) is 1. The number of carbonyl (C=O) groups excluding carboxylic acids is 1. The molecule has 0 aromatic heterocycles. The van der Waals surface area contributed by atoms with Crippen molar-refractivity contribution in [1.29, 1.82) is 0 Å². The van der Waals surface area contributed by atoms with Gasteiger partial charge in [-0.2, -0.15) is 0 Å². The van der Waals surface area contributed by atoms with Gasteiger partial charge in [-0.1, -0.05) is 22.0 Å². The summed E-state index contributed by atoms with van der Waals surface area (Å²) in [5.74, 6) is -0.344. The van der Waals surface area contributed by atoms with Crippen molar-refractivity contribution in [3.05, 3.63) is 34.1 Å². The molecule has 1 aromatic rings. The molecule has 4 heteroatoms. The van der Waals surface area contributed by atoms with Gasteiger partial charge in [-0.25, -0.2) is 4.39 Å². The summed E-state index contributed by atoms with van der Waals surface area (Å²) in [4.78, 5) is 11.9. The average molecular weight is 301 g/mol. The largest absolute Gasteiger partial charge is 0.378 e. The SMILES string of the molecule is CC1CC(C(=O)Cc2ccc(Br)cc2F)CO1. The van der Waals surface area contributed by atoms with Gasteiger partial charge < -0.3 is 4.74 Å². The highest BCUT2D eigenvalue weighted by Crippen LogP contribution is 2.23. The molecule has 2 atom stereocenters. The molecule has 0 radical (unpaired) electrons. The zero-order chi connectivity index (χ0) is 12.4. The van der Waals surface area contributed by atoms with Crippen molar-refractivity contribution >= 4 is 21.7 Å². The highest BCUT2D eigenvalue weighted by Gasteiger charge is 2.28. The normalized spacial score (nSPS) is 23.9. The highest BCUT2D eigenvalue weighted by molar-refractivity contribution is 9.10. The predicted molar refractivity (Wildman–Crippen MR) is 66.3 cm³/mol. The number of hydrogen-bond donors (Lipinski definition) is 0. The van der Waals surface area contributed by atoms with E-state index in [9.17, 15) is 9.18 Å². The second-order valence-electron chi connectivity index (χ2n) is 4.46. The topological polar surface area (TPSA) is 26.3 Å². The molecule has 2 unspecified atom stereocenters. The van der Waals surface area contributed by atoms with Crippen LogP contribution in [0.2, 0.25) is 0 Å². The lowest BCUT2D eigenvalue weighted by Gasteiger charge is -2.07. The number of ether oxygens (including phenoxy) is 1. The number of carbonyl (C=O) groups is 1. The van der Waals surface area contributed by atoms with Crippen LogP contribution in [0.4, 0.5) is 4.39 Å². The lowest BCUT2D eigenvalue weighted by atomic mass is 9.95. The summed E-state index contributed by atoms with van der Waals surface area (Å²) in [6.45, 7) is 2.42. The van der Waals surface area contributed by atoms with Crippen molar-refractivity contribution in [2.75, 3.05) is 6.61 Å². The lowest BCUT2D eigenvalue weighted by Crippen LogP contribution is -2.17. The van der Waals surface area contributed by atoms with Crippen LogP contribution in [0.5, 0.6) is 0 Å². The Hall–Kier alpha value is -0.740. The molecule has 2 rings (SSSR count). The Morgan fingerprint density at radius 3 is 2.94 bits per heavy atom. The van der Waals surface area contributed by atoms with Crippen LogP contribution in [0.1, 0.15) is 18.9 Å². The second-order valence-corrected chi connectivity index (χ2v) is 5.37. The maximum Gasteiger partial charge on any atom is 0.142 e. The van der Waals surface area contributed by atoms with Crippen LogP contribution < -0.4 is 0 Å². The van der Waals surface area contributed by atoms with Crippen molar-refractivity contribution in [2.24, 2.45) is 5.92 Å². The molecule has 17 heavy (non-hydrogen) atoms. The van der Waals surface area contributed by atoms with Crippen LogP contribution in [-0.4, -0.2) is 18.5 Å². The molecule has 0 bridgehead atoms. The summed E-state index contributed by atoms with van der Waals surface area (Å²) in [5.41, 5.74) is 0.456. The number of benzene rings is 1. The number of rotatable bonds is 3. The standard InChI is InChI=1S/C13H14BrFO2/c1-8-4-10(7-17-8)13(16)5-9-2-3-11(14)6-12(9)15/h2-3,6,8,10H,4-5,7H2,1H3. The summed E-state index contributed by atoms with van der Waals surface area (Å²) in [5, 5.41) is 0. The molecule has 1 heterocycles. The fraction of sp³-hybridized carbons (Fsp3) is 0.462. The van der Waals surface area contributed by atoms with Crippen LogP contribution in [0.15, 0.2) is 22.7 Å². The van der Waals surface area contributed by atoms with Crippen molar-refractivity contribution in [2.45, 2.75) is 25.9 Å². The summed E-state index contributed by atoms with van der Waals surface area (Å²) < 4.78 is 19.6. The molecule has 0 amide bonds. The Labute approximate surface area is 108 Å². The third kappa shape index (κ3) is 3.13. The minimum Gasteiger partial charge on any atom is -0.378 e. The van der Waals surface area contributed by atoms with E-state index in [-0.39, 0.29) is 30.0 Å². The molecule has 0 spiro atoms. The maximum absolute atomic E-state index is 13.6. The summed E-state index contributed by atoms with van der Waals surface area (Å²) >= 11 is 3.19. The predicted octanol–water partition coefficient (Wildman–Crippen LogP) is 3.12. The Kier molecular flexibility index (Phi) is 3.94. The number of halogens is 2. The van der Waals surface area contributed by atoms with Crippen molar-refractivity contribution in [3.63, 3.8) is 0 Å². The smallest absolute Gasteiger partial charge is 0.142 e. The van der Waals surface area contributed by atoms with Crippen LogP contribution in [0.3, 0.4) is 0 Å². The molecule has 1 fully saturated rings.